The lowest BCUT2D eigenvalue weighted by Crippen LogP contribution is -2.41. The highest BCUT2D eigenvalue weighted by Crippen LogP contribution is 2.30. The van der Waals surface area contributed by atoms with Crippen LogP contribution in [0, 0.1) is 0 Å². The number of hydrogen-bond acceptors (Lipinski definition) is 3. The predicted octanol–water partition coefficient (Wildman–Crippen LogP) is 2.79. The van der Waals surface area contributed by atoms with Crippen LogP contribution in [0.25, 0.3) is 0 Å². The minimum atomic E-state index is -4.47. The van der Waals surface area contributed by atoms with Crippen molar-refractivity contribution in [3.05, 3.63) is 65.7 Å². The Kier molecular flexibility index (Phi) is 5.81. The molecule has 0 saturated carbocycles. The summed E-state index contributed by atoms with van der Waals surface area (Å²) in [4.78, 5) is 12.1. The van der Waals surface area contributed by atoms with Crippen LogP contribution in [0.15, 0.2) is 54.6 Å². The summed E-state index contributed by atoms with van der Waals surface area (Å²) in [6.45, 7) is -0.280. The molecule has 1 amide bonds. The lowest BCUT2D eigenvalue weighted by atomic mass is 10.1. The molecule has 0 bridgehead atoms. The third-order valence-corrected chi connectivity index (χ3v) is 3.34. The zero-order valence-corrected chi connectivity index (χ0v) is 12.7. The van der Waals surface area contributed by atoms with Crippen LogP contribution >= 0.6 is 0 Å². The molecule has 0 spiro atoms. The van der Waals surface area contributed by atoms with E-state index in [9.17, 15) is 23.1 Å². The summed E-state index contributed by atoms with van der Waals surface area (Å²) in [5, 5.41) is 14.6. The molecular weight excluding hydrogens is 321 g/mol. The Balaban J connectivity index is 1.99. The Morgan fingerprint density at radius 1 is 1.08 bits per heavy atom. The zero-order chi connectivity index (χ0) is 17.6. The summed E-state index contributed by atoms with van der Waals surface area (Å²) in [5.41, 5.74) is 0.161. The fourth-order valence-corrected chi connectivity index (χ4v) is 2.09. The monoisotopic (exact) mass is 338 g/mol. The summed E-state index contributed by atoms with van der Waals surface area (Å²) < 4.78 is 38.1. The standard InChI is InChI=1S/C17H17F3N2O2/c18-17(19,20)13-7-4-8-14(9-13)22-15(11-23)16(24)21-10-12-5-2-1-3-6-12/h1-9,15,22-23H,10-11H2,(H,21,24)/t15-/m0/s1. The fourth-order valence-electron chi connectivity index (χ4n) is 2.09. The lowest BCUT2D eigenvalue weighted by Gasteiger charge is -2.18. The van der Waals surface area contributed by atoms with Crippen molar-refractivity contribution in [3.8, 4) is 0 Å². The molecule has 0 radical (unpaired) electrons. The van der Waals surface area contributed by atoms with Gasteiger partial charge in [-0.05, 0) is 23.8 Å². The molecular formula is C17H17F3N2O2. The molecule has 2 rings (SSSR count). The van der Waals surface area contributed by atoms with Crippen molar-refractivity contribution in [2.75, 3.05) is 11.9 Å². The van der Waals surface area contributed by atoms with Crippen LogP contribution in [0.1, 0.15) is 11.1 Å². The second-order valence-corrected chi connectivity index (χ2v) is 5.16. The van der Waals surface area contributed by atoms with E-state index in [2.05, 4.69) is 10.6 Å². The van der Waals surface area contributed by atoms with Crippen molar-refractivity contribution in [2.45, 2.75) is 18.8 Å². The van der Waals surface area contributed by atoms with Crippen LogP contribution in [0.2, 0.25) is 0 Å². The molecule has 0 saturated heterocycles. The molecule has 0 fully saturated rings. The van der Waals surface area contributed by atoms with E-state index in [1.807, 2.05) is 30.3 Å². The first kappa shape index (κ1) is 17.8. The van der Waals surface area contributed by atoms with E-state index in [0.717, 1.165) is 17.7 Å². The van der Waals surface area contributed by atoms with Crippen molar-refractivity contribution in [1.29, 1.82) is 0 Å². The number of benzene rings is 2. The van der Waals surface area contributed by atoms with E-state index in [1.165, 1.54) is 12.1 Å². The smallest absolute Gasteiger partial charge is 0.394 e. The highest BCUT2D eigenvalue weighted by molar-refractivity contribution is 5.84. The maximum Gasteiger partial charge on any atom is 0.416 e. The van der Waals surface area contributed by atoms with Gasteiger partial charge in [0, 0.05) is 12.2 Å². The van der Waals surface area contributed by atoms with E-state index in [1.54, 1.807) is 0 Å². The number of aliphatic hydroxyl groups is 1. The average Bonchev–Trinajstić information content (AvgIpc) is 2.58. The van der Waals surface area contributed by atoms with Crippen LogP contribution in [0.4, 0.5) is 18.9 Å². The number of amides is 1. The molecule has 0 aliphatic rings. The molecule has 0 aliphatic heterocycles. The molecule has 1 atom stereocenters. The normalized spacial score (nSPS) is 12.5. The quantitative estimate of drug-likeness (QED) is 0.759. The molecule has 0 unspecified atom stereocenters. The largest absolute Gasteiger partial charge is 0.416 e. The molecule has 3 N–H and O–H groups in total. The van der Waals surface area contributed by atoms with Gasteiger partial charge in [0.05, 0.1) is 12.2 Å². The lowest BCUT2D eigenvalue weighted by molar-refractivity contribution is -0.137. The highest BCUT2D eigenvalue weighted by Gasteiger charge is 2.30. The Labute approximate surface area is 137 Å². The van der Waals surface area contributed by atoms with E-state index in [-0.39, 0.29) is 12.2 Å². The number of carbonyl (C=O) groups is 1. The van der Waals surface area contributed by atoms with Crippen molar-refractivity contribution in [2.24, 2.45) is 0 Å². The summed E-state index contributed by atoms with van der Waals surface area (Å²) in [7, 11) is 0. The summed E-state index contributed by atoms with van der Waals surface area (Å²) in [6, 6.07) is 12.6. The maximum absolute atomic E-state index is 12.7. The van der Waals surface area contributed by atoms with Crippen LogP contribution in [0.3, 0.4) is 0 Å². The van der Waals surface area contributed by atoms with Gasteiger partial charge in [-0.15, -0.1) is 0 Å². The van der Waals surface area contributed by atoms with Crippen molar-refractivity contribution < 1.29 is 23.1 Å². The first-order valence-electron chi connectivity index (χ1n) is 7.26. The number of halogens is 3. The van der Waals surface area contributed by atoms with Gasteiger partial charge in [0.2, 0.25) is 5.91 Å². The minimum absolute atomic E-state index is 0.110. The van der Waals surface area contributed by atoms with Crippen LogP contribution in [-0.4, -0.2) is 23.7 Å². The second-order valence-electron chi connectivity index (χ2n) is 5.16. The molecule has 2 aromatic carbocycles. The number of aliphatic hydroxyl groups excluding tert-OH is 1. The number of nitrogens with one attached hydrogen (secondary N) is 2. The van der Waals surface area contributed by atoms with E-state index >= 15 is 0 Å². The first-order valence-corrected chi connectivity index (χ1v) is 7.26. The Morgan fingerprint density at radius 3 is 2.42 bits per heavy atom. The van der Waals surface area contributed by atoms with Crippen molar-refractivity contribution in [1.82, 2.24) is 5.32 Å². The SMILES string of the molecule is O=C(NCc1ccccc1)[C@H](CO)Nc1cccc(C(F)(F)F)c1. The van der Waals surface area contributed by atoms with Gasteiger partial charge in [-0.3, -0.25) is 4.79 Å². The van der Waals surface area contributed by atoms with Gasteiger partial charge in [0.15, 0.2) is 0 Å². The van der Waals surface area contributed by atoms with E-state index in [4.69, 9.17) is 0 Å². The maximum atomic E-state index is 12.7. The molecule has 0 aliphatic carbocycles. The first-order chi connectivity index (χ1) is 11.4. The van der Waals surface area contributed by atoms with Gasteiger partial charge >= 0.3 is 6.18 Å². The van der Waals surface area contributed by atoms with Crippen LogP contribution < -0.4 is 10.6 Å². The number of alkyl halides is 3. The van der Waals surface area contributed by atoms with Gasteiger partial charge < -0.3 is 15.7 Å². The molecule has 24 heavy (non-hydrogen) atoms. The molecule has 128 valence electrons. The van der Waals surface area contributed by atoms with Crippen LogP contribution in [0.5, 0.6) is 0 Å². The Morgan fingerprint density at radius 2 is 1.79 bits per heavy atom. The number of hydrogen-bond donors (Lipinski definition) is 3. The molecule has 7 heteroatoms. The topological polar surface area (TPSA) is 61.4 Å². The van der Waals surface area contributed by atoms with Crippen molar-refractivity contribution in [3.63, 3.8) is 0 Å². The van der Waals surface area contributed by atoms with Crippen LogP contribution in [-0.2, 0) is 17.5 Å². The van der Waals surface area contributed by atoms with E-state index in [0.29, 0.717) is 0 Å². The van der Waals surface area contributed by atoms with Gasteiger partial charge in [-0.1, -0.05) is 36.4 Å². The summed E-state index contributed by atoms with van der Waals surface area (Å²) in [5.74, 6) is -0.501. The second kappa shape index (κ2) is 7.83. The average molecular weight is 338 g/mol. The third-order valence-electron chi connectivity index (χ3n) is 3.34. The van der Waals surface area contributed by atoms with Gasteiger partial charge in [-0.25, -0.2) is 0 Å². The molecule has 0 aromatic heterocycles. The van der Waals surface area contributed by atoms with E-state index < -0.39 is 30.3 Å². The summed E-state index contributed by atoms with van der Waals surface area (Å²) in [6.07, 6.45) is -4.47. The number of rotatable bonds is 6. The zero-order valence-electron chi connectivity index (χ0n) is 12.7. The minimum Gasteiger partial charge on any atom is -0.394 e. The fraction of sp³-hybridized carbons (Fsp3) is 0.235. The summed E-state index contributed by atoms with van der Waals surface area (Å²) >= 11 is 0. The predicted molar refractivity (Wildman–Crippen MR) is 84.2 cm³/mol. The molecule has 4 nitrogen and oxygen atoms in total. The third kappa shape index (κ3) is 4.99. The Bertz CT molecular complexity index is 675. The Hall–Kier alpha value is -2.54. The van der Waals surface area contributed by atoms with Gasteiger partial charge in [0.25, 0.3) is 0 Å². The number of carbonyl (C=O) groups excluding carboxylic acids is 1. The van der Waals surface area contributed by atoms with Crippen molar-refractivity contribution >= 4 is 11.6 Å². The molecule has 2 aromatic rings. The van der Waals surface area contributed by atoms with Gasteiger partial charge in [-0.2, -0.15) is 13.2 Å². The number of anilines is 1. The highest BCUT2D eigenvalue weighted by atomic mass is 19.4. The molecule has 0 heterocycles. The van der Waals surface area contributed by atoms with Gasteiger partial charge in [0.1, 0.15) is 6.04 Å².